The summed E-state index contributed by atoms with van der Waals surface area (Å²) in [4.78, 5) is 26.2. The highest BCUT2D eigenvalue weighted by Gasteiger charge is 2.37. The van der Waals surface area contributed by atoms with E-state index in [-0.39, 0.29) is 31.1 Å². The SMILES string of the molecule is Nc1ccn(C2CC(OCc3ccccc3[N+](=O)[O-])C(CO)O2)c(=O)n1. The first-order valence-corrected chi connectivity index (χ1v) is 7.94. The molecule has 2 heterocycles. The normalized spacial score (nSPS) is 22.4. The van der Waals surface area contributed by atoms with Gasteiger partial charge in [-0.05, 0) is 12.1 Å². The zero-order chi connectivity index (χ0) is 18.7. The van der Waals surface area contributed by atoms with E-state index in [1.165, 1.54) is 22.9 Å². The Morgan fingerprint density at radius 2 is 2.19 bits per heavy atom. The third-order valence-corrected chi connectivity index (χ3v) is 4.16. The molecular weight excluding hydrogens is 344 g/mol. The van der Waals surface area contributed by atoms with Crippen molar-refractivity contribution in [3.63, 3.8) is 0 Å². The molecular formula is C16H18N4O6. The van der Waals surface area contributed by atoms with Crippen LogP contribution in [0, 0.1) is 10.1 Å². The molecule has 1 aromatic heterocycles. The molecule has 138 valence electrons. The number of ether oxygens (including phenoxy) is 2. The highest BCUT2D eigenvalue weighted by atomic mass is 16.6. The summed E-state index contributed by atoms with van der Waals surface area (Å²) in [5.41, 5.74) is 5.29. The van der Waals surface area contributed by atoms with E-state index in [1.807, 2.05) is 0 Å². The van der Waals surface area contributed by atoms with Crippen LogP contribution in [0.2, 0.25) is 0 Å². The highest BCUT2D eigenvalue weighted by Crippen LogP contribution is 2.31. The number of hydrogen-bond donors (Lipinski definition) is 2. The van der Waals surface area contributed by atoms with Crippen molar-refractivity contribution >= 4 is 11.5 Å². The number of aliphatic hydroxyl groups excluding tert-OH is 1. The van der Waals surface area contributed by atoms with Gasteiger partial charge in [0, 0.05) is 18.7 Å². The number of nitrogens with zero attached hydrogens (tertiary/aromatic N) is 3. The summed E-state index contributed by atoms with van der Waals surface area (Å²) >= 11 is 0. The van der Waals surface area contributed by atoms with Gasteiger partial charge in [0.05, 0.1) is 29.8 Å². The number of nitrogens with two attached hydrogens (primary N) is 1. The fourth-order valence-electron chi connectivity index (χ4n) is 2.86. The molecule has 2 aromatic rings. The lowest BCUT2D eigenvalue weighted by atomic mass is 10.1. The first-order chi connectivity index (χ1) is 12.5. The van der Waals surface area contributed by atoms with Gasteiger partial charge in [-0.25, -0.2) is 4.79 Å². The summed E-state index contributed by atoms with van der Waals surface area (Å²) < 4.78 is 12.7. The standard InChI is InChI=1S/C16H18N4O6/c17-14-5-6-19(16(22)18-14)15-7-12(13(8-21)26-15)25-9-10-3-1-2-4-11(10)20(23)24/h1-6,12-13,15,21H,7-9H2,(H2,17,18,22). The van der Waals surface area contributed by atoms with Crippen molar-refractivity contribution in [1.82, 2.24) is 9.55 Å². The van der Waals surface area contributed by atoms with E-state index in [1.54, 1.807) is 18.2 Å². The molecule has 1 fully saturated rings. The summed E-state index contributed by atoms with van der Waals surface area (Å²) in [7, 11) is 0. The van der Waals surface area contributed by atoms with Crippen molar-refractivity contribution in [3.05, 3.63) is 62.7 Å². The van der Waals surface area contributed by atoms with Gasteiger partial charge in [0.25, 0.3) is 5.69 Å². The molecule has 3 rings (SSSR count). The average Bonchev–Trinajstić information content (AvgIpc) is 3.03. The lowest BCUT2D eigenvalue weighted by Crippen LogP contribution is -2.28. The Hall–Kier alpha value is -2.82. The monoisotopic (exact) mass is 362 g/mol. The zero-order valence-electron chi connectivity index (χ0n) is 13.7. The van der Waals surface area contributed by atoms with Gasteiger partial charge in [0.15, 0.2) is 0 Å². The fourth-order valence-corrected chi connectivity index (χ4v) is 2.86. The number of nitro benzene ring substituents is 1. The number of hydrogen-bond acceptors (Lipinski definition) is 8. The van der Waals surface area contributed by atoms with Crippen LogP contribution in [0.15, 0.2) is 41.3 Å². The van der Waals surface area contributed by atoms with Crippen LogP contribution in [0.4, 0.5) is 11.5 Å². The first-order valence-electron chi connectivity index (χ1n) is 7.94. The van der Waals surface area contributed by atoms with E-state index in [2.05, 4.69) is 4.98 Å². The molecule has 0 saturated carbocycles. The Bertz CT molecular complexity index is 855. The summed E-state index contributed by atoms with van der Waals surface area (Å²) in [6.07, 6.45) is -0.101. The van der Waals surface area contributed by atoms with Crippen molar-refractivity contribution in [1.29, 1.82) is 0 Å². The molecule has 1 aliphatic rings. The van der Waals surface area contributed by atoms with Crippen molar-refractivity contribution < 1.29 is 19.5 Å². The second-order valence-corrected chi connectivity index (χ2v) is 5.82. The van der Waals surface area contributed by atoms with Crippen molar-refractivity contribution in [3.8, 4) is 0 Å². The predicted octanol–water partition coefficient (Wildman–Crippen LogP) is 0.599. The molecule has 3 unspecified atom stereocenters. The Morgan fingerprint density at radius 3 is 2.88 bits per heavy atom. The highest BCUT2D eigenvalue weighted by molar-refractivity contribution is 5.39. The lowest BCUT2D eigenvalue weighted by molar-refractivity contribution is -0.386. The molecule has 0 aliphatic carbocycles. The Morgan fingerprint density at radius 1 is 1.42 bits per heavy atom. The zero-order valence-corrected chi connectivity index (χ0v) is 13.7. The van der Waals surface area contributed by atoms with Crippen molar-refractivity contribution in [2.24, 2.45) is 0 Å². The molecule has 0 bridgehead atoms. The van der Waals surface area contributed by atoms with E-state index in [0.717, 1.165) is 0 Å². The molecule has 1 saturated heterocycles. The Labute approximate surface area is 147 Å². The first kappa shape index (κ1) is 18.0. The maximum atomic E-state index is 11.9. The number of nitrogen functional groups attached to an aromatic ring is 1. The number of nitro groups is 1. The molecule has 1 aliphatic heterocycles. The van der Waals surface area contributed by atoms with Gasteiger partial charge in [-0.2, -0.15) is 4.98 Å². The quantitative estimate of drug-likeness (QED) is 0.562. The van der Waals surface area contributed by atoms with E-state index in [9.17, 15) is 20.0 Å². The van der Waals surface area contributed by atoms with Gasteiger partial charge in [0.2, 0.25) is 0 Å². The topological polar surface area (TPSA) is 143 Å². The van der Waals surface area contributed by atoms with Crippen molar-refractivity contribution in [2.75, 3.05) is 12.3 Å². The maximum Gasteiger partial charge on any atom is 0.351 e. The van der Waals surface area contributed by atoms with Gasteiger partial charge < -0.3 is 20.3 Å². The van der Waals surface area contributed by atoms with Gasteiger partial charge in [0.1, 0.15) is 18.1 Å². The van der Waals surface area contributed by atoms with E-state index < -0.39 is 29.0 Å². The van der Waals surface area contributed by atoms with Gasteiger partial charge in [-0.3, -0.25) is 14.7 Å². The maximum absolute atomic E-state index is 11.9. The minimum absolute atomic E-state index is 0.0106. The van der Waals surface area contributed by atoms with Crippen LogP contribution in [0.5, 0.6) is 0 Å². The van der Waals surface area contributed by atoms with E-state index in [0.29, 0.717) is 5.56 Å². The van der Waals surface area contributed by atoms with Crippen molar-refractivity contribution in [2.45, 2.75) is 31.5 Å². The number of anilines is 1. The molecule has 0 spiro atoms. The van der Waals surface area contributed by atoms with Crippen LogP contribution >= 0.6 is 0 Å². The Kier molecular flexibility index (Phi) is 5.26. The van der Waals surface area contributed by atoms with Gasteiger partial charge in [-0.15, -0.1) is 0 Å². The van der Waals surface area contributed by atoms with Crippen LogP contribution in [-0.4, -0.2) is 38.4 Å². The summed E-state index contributed by atoms with van der Waals surface area (Å²) in [5, 5.41) is 20.6. The van der Waals surface area contributed by atoms with Crippen LogP contribution in [-0.2, 0) is 16.1 Å². The number of aromatic nitrogens is 2. The number of benzene rings is 1. The molecule has 0 amide bonds. The molecule has 10 heteroatoms. The molecule has 26 heavy (non-hydrogen) atoms. The summed E-state index contributed by atoms with van der Waals surface area (Å²) in [6.45, 7) is -0.321. The second-order valence-electron chi connectivity index (χ2n) is 5.82. The minimum Gasteiger partial charge on any atom is -0.394 e. The Balaban J connectivity index is 1.72. The van der Waals surface area contributed by atoms with Gasteiger partial charge >= 0.3 is 5.69 Å². The average molecular weight is 362 g/mol. The largest absolute Gasteiger partial charge is 0.394 e. The molecule has 0 radical (unpaired) electrons. The summed E-state index contributed by atoms with van der Waals surface area (Å²) in [5.74, 6) is 0.104. The van der Waals surface area contributed by atoms with Crippen LogP contribution < -0.4 is 11.4 Å². The number of rotatable bonds is 6. The third-order valence-electron chi connectivity index (χ3n) is 4.16. The van der Waals surface area contributed by atoms with Crippen LogP contribution in [0.25, 0.3) is 0 Å². The third kappa shape index (κ3) is 3.72. The fraction of sp³-hybridized carbons (Fsp3) is 0.375. The second kappa shape index (κ2) is 7.60. The predicted molar refractivity (Wildman–Crippen MR) is 90.2 cm³/mol. The van der Waals surface area contributed by atoms with E-state index >= 15 is 0 Å². The lowest BCUT2D eigenvalue weighted by Gasteiger charge is -2.16. The molecule has 1 aromatic carbocycles. The minimum atomic E-state index is -0.663. The molecule has 3 N–H and O–H groups in total. The van der Waals surface area contributed by atoms with Crippen LogP contribution in [0.3, 0.4) is 0 Å². The summed E-state index contributed by atoms with van der Waals surface area (Å²) in [6, 6.07) is 7.74. The van der Waals surface area contributed by atoms with Crippen LogP contribution in [0.1, 0.15) is 18.2 Å². The van der Waals surface area contributed by atoms with Gasteiger partial charge in [-0.1, -0.05) is 12.1 Å². The smallest absolute Gasteiger partial charge is 0.351 e. The molecule has 10 nitrogen and oxygen atoms in total. The van der Waals surface area contributed by atoms with E-state index in [4.69, 9.17) is 15.2 Å². The molecule has 3 atom stereocenters. The number of para-hydroxylation sites is 1. The number of aliphatic hydroxyl groups is 1.